The summed E-state index contributed by atoms with van der Waals surface area (Å²) in [5, 5.41) is 7.04. The molecule has 1 heterocycles. The van der Waals surface area contributed by atoms with Gasteiger partial charge in [0.05, 0.1) is 0 Å². The molecule has 0 unspecified atom stereocenters. The summed E-state index contributed by atoms with van der Waals surface area (Å²) in [6.45, 7) is 0.403. The largest absolute Gasteiger partial charge is 0.330 e. The monoisotopic (exact) mass is 193 g/mol. The Labute approximate surface area is 82.9 Å². The molecule has 4 heteroatoms. The zero-order valence-electron chi connectivity index (χ0n) is 8.18. The van der Waals surface area contributed by atoms with Crippen molar-refractivity contribution in [1.29, 1.82) is 0 Å². The van der Waals surface area contributed by atoms with E-state index in [1.54, 1.807) is 0 Å². The Balaban J connectivity index is 2.25. The van der Waals surface area contributed by atoms with Gasteiger partial charge in [-0.15, -0.1) is 0 Å². The molecule has 0 amide bonds. The molecule has 2 rings (SSSR count). The van der Waals surface area contributed by atoms with E-state index >= 15 is 0 Å². The Bertz CT molecular complexity index is 343. The van der Waals surface area contributed by atoms with Crippen LogP contribution in [0.2, 0.25) is 0 Å². The molecule has 1 aliphatic rings. The molecular weight excluding hydrogens is 178 g/mol. The van der Waals surface area contributed by atoms with E-state index in [1.165, 1.54) is 6.42 Å². The number of nitrogens with one attached hydrogen (secondary N) is 1. The molecule has 1 aliphatic carbocycles. The Kier molecular flexibility index (Phi) is 2.63. The van der Waals surface area contributed by atoms with Gasteiger partial charge in [0.2, 0.25) is 0 Å². The second-order valence-electron chi connectivity index (χ2n) is 3.70. The molecule has 1 aromatic heterocycles. The van der Waals surface area contributed by atoms with Crippen molar-refractivity contribution >= 4 is 5.78 Å². The molecule has 0 saturated carbocycles. The number of aryl methyl sites for hydroxylation is 1. The lowest BCUT2D eigenvalue weighted by Crippen LogP contribution is -2.11. The molecule has 0 aromatic carbocycles. The number of nitrogens with zero attached hydrogens (tertiary/aromatic N) is 1. The van der Waals surface area contributed by atoms with Crippen molar-refractivity contribution in [3.05, 3.63) is 17.0 Å². The van der Waals surface area contributed by atoms with E-state index in [0.717, 1.165) is 30.5 Å². The van der Waals surface area contributed by atoms with Crippen LogP contribution in [0.15, 0.2) is 0 Å². The van der Waals surface area contributed by atoms with E-state index in [4.69, 9.17) is 5.73 Å². The van der Waals surface area contributed by atoms with Gasteiger partial charge >= 0.3 is 0 Å². The van der Waals surface area contributed by atoms with Crippen LogP contribution in [0.5, 0.6) is 0 Å². The second kappa shape index (κ2) is 3.92. The van der Waals surface area contributed by atoms with Crippen LogP contribution >= 0.6 is 0 Å². The molecule has 0 saturated heterocycles. The first-order valence-electron chi connectivity index (χ1n) is 5.12. The van der Waals surface area contributed by atoms with E-state index in [1.807, 2.05) is 0 Å². The Morgan fingerprint density at radius 3 is 3.00 bits per heavy atom. The third-order valence-electron chi connectivity index (χ3n) is 2.69. The van der Waals surface area contributed by atoms with Gasteiger partial charge in [0.15, 0.2) is 5.78 Å². The smallest absolute Gasteiger partial charge is 0.184 e. The molecule has 0 radical (unpaired) electrons. The van der Waals surface area contributed by atoms with E-state index in [9.17, 15) is 4.79 Å². The van der Waals surface area contributed by atoms with Crippen molar-refractivity contribution in [2.75, 3.05) is 6.54 Å². The van der Waals surface area contributed by atoms with Crippen molar-refractivity contribution < 1.29 is 4.79 Å². The molecule has 0 atom stereocenters. The maximum Gasteiger partial charge on any atom is 0.184 e. The van der Waals surface area contributed by atoms with Crippen molar-refractivity contribution in [3.63, 3.8) is 0 Å². The number of Topliss-reactive ketones (excluding diaryl/α,β-unsaturated/α-hetero) is 1. The maximum absolute atomic E-state index is 11.6. The highest BCUT2D eigenvalue weighted by Crippen LogP contribution is 2.22. The highest BCUT2D eigenvalue weighted by molar-refractivity contribution is 5.96. The molecule has 4 nitrogen and oxygen atoms in total. The van der Waals surface area contributed by atoms with Gasteiger partial charge < -0.3 is 5.73 Å². The first kappa shape index (κ1) is 9.40. The van der Waals surface area contributed by atoms with Crippen LogP contribution in [0.1, 0.15) is 41.0 Å². The fourth-order valence-electron chi connectivity index (χ4n) is 1.96. The maximum atomic E-state index is 11.6. The summed E-state index contributed by atoms with van der Waals surface area (Å²) in [4.78, 5) is 11.6. The van der Waals surface area contributed by atoms with Gasteiger partial charge in [-0.3, -0.25) is 9.89 Å². The lowest BCUT2D eigenvalue weighted by atomic mass is 9.94. The molecular formula is C10H15N3O. The van der Waals surface area contributed by atoms with Crippen LogP contribution in [0.3, 0.4) is 0 Å². The van der Waals surface area contributed by atoms with Crippen molar-refractivity contribution in [2.45, 2.75) is 32.1 Å². The molecule has 0 fully saturated rings. The third-order valence-corrected chi connectivity index (χ3v) is 2.69. The molecule has 0 spiro atoms. The number of carbonyl (C=O) groups excluding carboxylic acids is 1. The lowest BCUT2D eigenvalue weighted by Gasteiger charge is -2.10. The normalized spacial score (nSPS) is 15.2. The minimum absolute atomic E-state index is 0.0758. The second-order valence-corrected chi connectivity index (χ2v) is 3.70. The number of H-pyrrole nitrogens is 1. The lowest BCUT2D eigenvalue weighted by molar-refractivity contribution is 0.0979. The minimum Gasteiger partial charge on any atom is -0.330 e. The summed E-state index contributed by atoms with van der Waals surface area (Å²) in [6, 6.07) is 0. The highest BCUT2D eigenvalue weighted by Gasteiger charge is 2.20. The van der Waals surface area contributed by atoms with E-state index < -0.39 is 0 Å². The zero-order chi connectivity index (χ0) is 9.97. The molecule has 14 heavy (non-hydrogen) atoms. The number of aromatic nitrogens is 2. The van der Waals surface area contributed by atoms with E-state index in [-0.39, 0.29) is 5.78 Å². The Hall–Kier alpha value is -1.16. The predicted octanol–water partition coefficient (Wildman–Crippen LogP) is 0.820. The molecule has 76 valence electrons. The van der Waals surface area contributed by atoms with Crippen LogP contribution in [-0.2, 0) is 12.8 Å². The van der Waals surface area contributed by atoms with Gasteiger partial charge in [0.1, 0.15) is 5.69 Å². The average Bonchev–Trinajstić information content (AvgIpc) is 2.61. The fourth-order valence-corrected chi connectivity index (χ4v) is 1.96. The standard InChI is InChI=1S/C10H15N3O/c11-6-5-9(14)10-7-3-1-2-4-8(7)12-13-10/h1-6,11H2,(H,12,13). The van der Waals surface area contributed by atoms with Gasteiger partial charge in [-0.25, -0.2) is 0 Å². The van der Waals surface area contributed by atoms with Crippen LogP contribution in [0.25, 0.3) is 0 Å². The quantitative estimate of drug-likeness (QED) is 0.698. The molecule has 0 bridgehead atoms. The highest BCUT2D eigenvalue weighted by atomic mass is 16.1. The number of ketones is 1. The van der Waals surface area contributed by atoms with Crippen LogP contribution in [0.4, 0.5) is 0 Å². The average molecular weight is 193 g/mol. The Morgan fingerprint density at radius 2 is 2.21 bits per heavy atom. The van der Waals surface area contributed by atoms with Crippen molar-refractivity contribution in [3.8, 4) is 0 Å². The fraction of sp³-hybridized carbons (Fsp3) is 0.600. The summed E-state index contributed by atoms with van der Waals surface area (Å²) in [5.74, 6) is 0.0758. The number of hydrogen-bond donors (Lipinski definition) is 2. The van der Waals surface area contributed by atoms with Crippen LogP contribution in [-0.4, -0.2) is 22.5 Å². The number of hydrogen-bond acceptors (Lipinski definition) is 3. The Morgan fingerprint density at radius 1 is 1.43 bits per heavy atom. The van der Waals surface area contributed by atoms with Gasteiger partial charge in [-0.2, -0.15) is 5.10 Å². The van der Waals surface area contributed by atoms with Gasteiger partial charge in [-0.05, 0) is 32.2 Å². The number of aromatic amines is 1. The predicted molar refractivity (Wildman–Crippen MR) is 53.2 cm³/mol. The first-order valence-corrected chi connectivity index (χ1v) is 5.12. The van der Waals surface area contributed by atoms with Crippen molar-refractivity contribution in [1.82, 2.24) is 10.2 Å². The van der Waals surface area contributed by atoms with Gasteiger partial charge in [0.25, 0.3) is 0 Å². The topological polar surface area (TPSA) is 71.8 Å². The summed E-state index contributed by atoms with van der Waals surface area (Å²) < 4.78 is 0. The summed E-state index contributed by atoms with van der Waals surface area (Å²) in [6.07, 6.45) is 4.77. The van der Waals surface area contributed by atoms with Gasteiger partial charge in [0, 0.05) is 17.7 Å². The number of fused-ring (bicyclic) bond motifs is 1. The van der Waals surface area contributed by atoms with E-state index in [0.29, 0.717) is 18.7 Å². The summed E-state index contributed by atoms with van der Waals surface area (Å²) in [5.41, 5.74) is 8.27. The third kappa shape index (κ3) is 1.57. The number of nitrogens with two attached hydrogens (primary N) is 1. The van der Waals surface area contributed by atoms with Gasteiger partial charge in [-0.1, -0.05) is 0 Å². The summed E-state index contributed by atoms with van der Waals surface area (Å²) >= 11 is 0. The number of carbonyl (C=O) groups is 1. The summed E-state index contributed by atoms with van der Waals surface area (Å²) in [7, 11) is 0. The van der Waals surface area contributed by atoms with Crippen LogP contribution < -0.4 is 5.73 Å². The zero-order valence-corrected chi connectivity index (χ0v) is 8.18. The van der Waals surface area contributed by atoms with E-state index in [2.05, 4.69) is 10.2 Å². The minimum atomic E-state index is 0.0758. The van der Waals surface area contributed by atoms with Crippen LogP contribution in [0, 0.1) is 0 Å². The molecule has 0 aliphatic heterocycles. The molecule has 3 N–H and O–H groups in total. The SMILES string of the molecule is NCCC(=O)c1n[nH]c2c1CCCC2. The van der Waals surface area contributed by atoms with Crippen molar-refractivity contribution in [2.24, 2.45) is 5.73 Å². The number of rotatable bonds is 3. The first-order chi connectivity index (χ1) is 6.83. The molecule has 1 aromatic rings.